The van der Waals surface area contributed by atoms with Crippen LogP contribution in [0.15, 0.2) is 60.9 Å². The highest BCUT2D eigenvalue weighted by Gasteiger charge is 2.18. The van der Waals surface area contributed by atoms with Crippen molar-refractivity contribution in [2.45, 2.75) is 72.0 Å². The van der Waals surface area contributed by atoms with Gasteiger partial charge in [-0.05, 0) is 97.7 Å². The van der Waals surface area contributed by atoms with E-state index in [-0.39, 0.29) is 24.1 Å². The van der Waals surface area contributed by atoms with Crippen LogP contribution in [0.3, 0.4) is 0 Å². The first kappa shape index (κ1) is 41.3. The summed E-state index contributed by atoms with van der Waals surface area (Å²) in [4.78, 5) is 53.0. The molecule has 0 radical (unpaired) electrons. The fourth-order valence-electron chi connectivity index (χ4n) is 5.35. The molecule has 54 heavy (non-hydrogen) atoms. The molecule has 0 atom stereocenters. The molecule has 0 aliphatic rings. The van der Waals surface area contributed by atoms with E-state index in [2.05, 4.69) is 30.8 Å². The Morgan fingerprint density at radius 3 is 2.07 bits per heavy atom. The molecule has 0 saturated carbocycles. The number of nitrogens with one attached hydrogen (secondary N) is 3. The number of anilines is 2. The number of esters is 1. The number of pyridine rings is 1. The zero-order chi connectivity index (χ0) is 39.3. The minimum absolute atomic E-state index is 0.117. The van der Waals surface area contributed by atoms with Crippen LogP contribution in [0.1, 0.15) is 71.3 Å². The van der Waals surface area contributed by atoms with E-state index in [1.54, 1.807) is 38.7 Å². The third kappa shape index (κ3) is 13.2. The second-order valence-electron chi connectivity index (χ2n) is 14.6. The summed E-state index contributed by atoms with van der Waals surface area (Å²) < 4.78 is 21.8. The molecule has 4 aromatic rings. The van der Waals surface area contributed by atoms with Crippen molar-refractivity contribution in [1.82, 2.24) is 30.9 Å². The molecule has 2 amide bonds. The fourth-order valence-corrected chi connectivity index (χ4v) is 5.35. The zero-order valence-electron chi connectivity index (χ0n) is 32.6. The monoisotopic (exact) mass is 743 g/mol. The predicted octanol–water partition coefficient (Wildman–Crippen LogP) is 6.20. The molecule has 2 heterocycles. The Kier molecular flexibility index (Phi) is 14.5. The standard InChI is InChI=1S/C40H53N7O7/c1-39(2,3)53-36(48)26-41-15-11-19-47(29-21-30(51-7)24-31(22-29)52-8)28-12-13-32-33(23-28)46-35(25-45-32)27-14-18-42-34(20-27)37(49)43-16-9-10-17-44-38(50)54-40(4,5)6/h12-14,18,20-25,41H,9-11,15-17,19,26H2,1-8H3,(H,43,49)(H,44,50). The van der Waals surface area contributed by atoms with E-state index in [1.807, 2.05) is 77.9 Å². The van der Waals surface area contributed by atoms with E-state index in [9.17, 15) is 14.4 Å². The van der Waals surface area contributed by atoms with Crippen LogP contribution in [0.4, 0.5) is 16.2 Å². The van der Waals surface area contributed by atoms with Gasteiger partial charge in [-0.15, -0.1) is 0 Å². The second-order valence-corrected chi connectivity index (χ2v) is 14.6. The van der Waals surface area contributed by atoms with E-state index in [1.165, 1.54) is 0 Å². The van der Waals surface area contributed by atoms with Gasteiger partial charge < -0.3 is 39.8 Å². The lowest BCUT2D eigenvalue weighted by molar-refractivity contribution is -0.153. The van der Waals surface area contributed by atoms with E-state index >= 15 is 0 Å². The number of rotatable bonds is 17. The molecule has 0 saturated heterocycles. The van der Waals surface area contributed by atoms with Crippen LogP contribution in [0.25, 0.3) is 22.3 Å². The van der Waals surface area contributed by atoms with Crippen molar-refractivity contribution >= 4 is 40.4 Å². The lowest BCUT2D eigenvalue weighted by Gasteiger charge is -2.26. The van der Waals surface area contributed by atoms with Gasteiger partial charge in [0.2, 0.25) is 0 Å². The number of carbonyl (C=O) groups is 3. The number of hydrogen-bond acceptors (Lipinski definition) is 12. The SMILES string of the molecule is COc1cc(OC)cc(N(CCCNCC(=O)OC(C)(C)C)c2ccc3ncc(-c4ccnc(C(=O)NCCCCNC(=O)OC(C)(C)C)c4)nc3c2)c1. The molecule has 0 aliphatic carbocycles. The number of alkyl carbamates (subject to hydrolysis) is 1. The number of fused-ring (bicyclic) bond motifs is 1. The highest BCUT2D eigenvalue weighted by molar-refractivity contribution is 5.93. The summed E-state index contributed by atoms with van der Waals surface area (Å²) in [5.41, 5.74) is 3.53. The predicted molar refractivity (Wildman–Crippen MR) is 208 cm³/mol. The molecule has 0 aliphatic heterocycles. The van der Waals surface area contributed by atoms with Crippen molar-refractivity contribution in [1.29, 1.82) is 0 Å². The fraction of sp³-hybridized carbons (Fsp3) is 0.450. The van der Waals surface area contributed by atoms with Gasteiger partial charge in [-0.1, -0.05) is 0 Å². The van der Waals surface area contributed by atoms with Crippen LogP contribution < -0.4 is 30.3 Å². The molecular formula is C40H53N7O7. The lowest BCUT2D eigenvalue weighted by Crippen LogP contribution is -2.33. The number of benzene rings is 2. The van der Waals surface area contributed by atoms with Crippen LogP contribution >= 0.6 is 0 Å². The van der Waals surface area contributed by atoms with Crippen LogP contribution in [0, 0.1) is 0 Å². The highest BCUT2D eigenvalue weighted by Crippen LogP contribution is 2.34. The van der Waals surface area contributed by atoms with E-state index in [0.717, 1.165) is 11.4 Å². The van der Waals surface area contributed by atoms with Crippen LogP contribution in [-0.2, 0) is 14.3 Å². The van der Waals surface area contributed by atoms with Gasteiger partial charge in [0.1, 0.15) is 28.4 Å². The smallest absolute Gasteiger partial charge is 0.407 e. The molecule has 290 valence electrons. The summed E-state index contributed by atoms with van der Waals surface area (Å²) in [6.07, 6.45) is 4.84. The summed E-state index contributed by atoms with van der Waals surface area (Å²) in [6.45, 7) is 13.1. The maximum atomic E-state index is 12.9. The van der Waals surface area contributed by atoms with E-state index in [4.69, 9.17) is 23.9 Å². The van der Waals surface area contributed by atoms with Gasteiger partial charge in [-0.2, -0.15) is 0 Å². The normalized spacial score (nSPS) is 11.5. The van der Waals surface area contributed by atoms with Crippen molar-refractivity contribution in [3.8, 4) is 22.8 Å². The van der Waals surface area contributed by atoms with Crippen molar-refractivity contribution in [3.05, 3.63) is 66.6 Å². The number of hydrogen-bond donors (Lipinski definition) is 3. The molecule has 4 rings (SSSR count). The lowest BCUT2D eigenvalue weighted by atomic mass is 10.1. The molecule has 2 aromatic heterocycles. The molecule has 2 aromatic carbocycles. The van der Waals surface area contributed by atoms with Gasteiger partial charge in [0.05, 0.1) is 43.7 Å². The summed E-state index contributed by atoms with van der Waals surface area (Å²) >= 11 is 0. The molecule has 0 bridgehead atoms. The maximum Gasteiger partial charge on any atom is 0.407 e. The van der Waals surface area contributed by atoms with Gasteiger partial charge in [0.15, 0.2) is 0 Å². The Hall–Kier alpha value is -5.50. The van der Waals surface area contributed by atoms with Gasteiger partial charge in [0.25, 0.3) is 5.91 Å². The first-order valence-electron chi connectivity index (χ1n) is 18.1. The topological polar surface area (TPSA) is 166 Å². The third-order valence-corrected chi connectivity index (χ3v) is 7.76. The minimum atomic E-state index is -0.555. The summed E-state index contributed by atoms with van der Waals surface area (Å²) in [5, 5.41) is 8.79. The first-order valence-corrected chi connectivity index (χ1v) is 18.1. The van der Waals surface area contributed by atoms with E-state index < -0.39 is 17.3 Å². The summed E-state index contributed by atoms with van der Waals surface area (Å²) in [5.74, 6) is 0.684. The largest absolute Gasteiger partial charge is 0.497 e. The Morgan fingerprint density at radius 1 is 0.722 bits per heavy atom. The molecule has 0 fully saturated rings. The summed E-state index contributed by atoms with van der Waals surface area (Å²) in [6, 6.07) is 15.0. The third-order valence-electron chi connectivity index (χ3n) is 7.76. The number of methoxy groups -OCH3 is 2. The summed E-state index contributed by atoms with van der Waals surface area (Å²) in [7, 11) is 3.22. The van der Waals surface area contributed by atoms with E-state index in [0.29, 0.717) is 79.2 Å². The van der Waals surface area contributed by atoms with Crippen LogP contribution in [0.5, 0.6) is 11.5 Å². The average molecular weight is 744 g/mol. The van der Waals surface area contributed by atoms with Crippen LogP contribution in [0.2, 0.25) is 0 Å². The molecule has 14 nitrogen and oxygen atoms in total. The molecule has 3 N–H and O–H groups in total. The Balaban J connectivity index is 1.47. The number of unbranched alkanes of at least 4 members (excludes halogenated alkanes) is 1. The van der Waals surface area contributed by atoms with Crippen molar-refractivity contribution in [2.24, 2.45) is 0 Å². The number of aromatic nitrogens is 3. The number of nitrogens with zero attached hydrogens (tertiary/aromatic N) is 4. The zero-order valence-corrected chi connectivity index (χ0v) is 32.6. The van der Waals surface area contributed by atoms with Gasteiger partial charge in [-0.25, -0.2) is 9.78 Å². The maximum absolute atomic E-state index is 12.9. The average Bonchev–Trinajstić information content (AvgIpc) is 3.12. The number of ether oxygens (including phenoxy) is 4. The van der Waals surface area contributed by atoms with Crippen LogP contribution in [-0.4, -0.2) is 91.1 Å². The van der Waals surface area contributed by atoms with Crippen molar-refractivity contribution in [2.75, 3.05) is 51.8 Å². The molecule has 0 unspecified atom stereocenters. The number of amides is 2. The van der Waals surface area contributed by atoms with Crippen molar-refractivity contribution < 1.29 is 33.3 Å². The first-order chi connectivity index (χ1) is 25.6. The Labute approximate surface area is 317 Å². The molecule has 0 spiro atoms. The van der Waals surface area contributed by atoms with Gasteiger partial charge in [-0.3, -0.25) is 19.6 Å². The number of carbonyl (C=O) groups excluding carboxylic acids is 3. The highest BCUT2D eigenvalue weighted by atomic mass is 16.6. The van der Waals surface area contributed by atoms with Gasteiger partial charge >= 0.3 is 12.1 Å². The molecule has 14 heteroatoms. The Bertz CT molecular complexity index is 1870. The minimum Gasteiger partial charge on any atom is -0.497 e. The quantitative estimate of drug-likeness (QED) is 0.0829. The molecular weight excluding hydrogens is 690 g/mol. The van der Waals surface area contributed by atoms with Crippen molar-refractivity contribution in [3.63, 3.8) is 0 Å². The Morgan fingerprint density at radius 2 is 1.41 bits per heavy atom. The second kappa shape index (κ2) is 19.0. The van der Waals surface area contributed by atoms with Gasteiger partial charge in [0, 0.05) is 61.0 Å².